The van der Waals surface area contributed by atoms with Crippen molar-refractivity contribution in [3.63, 3.8) is 0 Å². The molecule has 0 radical (unpaired) electrons. The molecule has 1 aromatic carbocycles. The quantitative estimate of drug-likeness (QED) is 0.531. The highest BCUT2D eigenvalue weighted by Gasteiger charge is 2.18. The third-order valence-corrected chi connectivity index (χ3v) is 2.39. The third-order valence-electron chi connectivity index (χ3n) is 2.39. The molecule has 0 saturated heterocycles. The van der Waals surface area contributed by atoms with Gasteiger partial charge in [-0.25, -0.2) is 0 Å². The van der Waals surface area contributed by atoms with Crippen molar-refractivity contribution >= 4 is 16.7 Å². The minimum absolute atomic E-state index is 0.372. The number of H-pyrrole nitrogens is 1. The van der Waals surface area contributed by atoms with E-state index in [-0.39, 0.29) is 0 Å². The van der Waals surface area contributed by atoms with E-state index in [0.29, 0.717) is 16.9 Å². The van der Waals surface area contributed by atoms with Crippen LogP contribution in [0.25, 0.3) is 10.9 Å². The number of rotatable bonds is 2. The number of hydrogen-bond donors (Lipinski definition) is 4. The van der Waals surface area contributed by atoms with Gasteiger partial charge in [-0.15, -0.1) is 0 Å². The largest absolute Gasteiger partial charge is 0.385 e. The summed E-state index contributed by atoms with van der Waals surface area (Å²) in [5, 5.41) is 34.5. The maximum atomic E-state index is 9.62. The molecule has 2 rings (SSSR count). The van der Waals surface area contributed by atoms with E-state index in [1.807, 2.05) is 0 Å². The van der Waals surface area contributed by atoms with E-state index >= 15 is 0 Å². The van der Waals surface area contributed by atoms with E-state index in [1.165, 1.54) is 0 Å². The lowest BCUT2D eigenvalue weighted by Crippen LogP contribution is -2.15. The summed E-state index contributed by atoms with van der Waals surface area (Å²) in [4.78, 5) is 0. The van der Waals surface area contributed by atoms with Crippen LogP contribution in [0.3, 0.4) is 0 Å². The van der Waals surface area contributed by atoms with Gasteiger partial charge in [-0.05, 0) is 17.7 Å². The molecule has 6 nitrogen and oxygen atoms in total. The first-order chi connectivity index (χ1) is 7.63. The number of aromatic amines is 1. The molecule has 0 spiro atoms. The number of aromatic nitrogens is 2. The summed E-state index contributed by atoms with van der Waals surface area (Å²) in [5.41, 5.74) is 6.67. The fourth-order valence-electron chi connectivity index (χ4n) is 1.50. The number of anilines is 1. The zero-order chi connectivity index (χ0) is 11.7. The van der Waals surface area contributed by atoms with E-state index in [0.717, 1.165) is 5.39 Å². The van der Waals surface area contributed by atoms with Gasteiger partial charge in [-0.3, -0.25) is 5.10 Å². The summed E-state index contributed by atoms with van der Waals surface area (Å²) in [6, 6.07) is 6.45. The molecule has 0 aliphatic rings. The number of aliphatic hydroxyl groups excluding tert-OH is 2. The van der Waals surface area contributed by atoms with Crippen molar-refractivity contribution in [2.24, 2.45) is 0 Å². The maximum Gasteiger partial charge on any atom is 0.170 e. The highest BCUT2D eigenvalue weighted by Crippen LogP contribution is 2.23. The standard InChI is InChI=1S/C10H10N4O2/c11-4-8(15)9(16)5-1-2-6-7(3-5)13-14-10(6)12/h1-3,8-9,15-16H,(H3,12,13,14). The fourth-order valence-corrected chi connectivity index (χ4v) is 1.50. The van der Waals surface area contributed by atoms with Crippen molar-refractivity contribution < 1.29 is 10.2 Å². The number of hydrogen-bond acceptors (Lipinski definition) is 5. The lowest BCUT2D eigenvalue weighted by molar-refractivity contribution is 0.0529. The minimum atomic E-state index is -1.45. The van der Waals surface area contributed by atoms with Crippen LogP contribution in [0, 0.1) is 11.3 Å². The van der Waals surface area contributed by atoms with Crippen molar-refractivity contribution in [1.82, 2.24) is 10.2 Å². The molecule has 0 aliphatic carbocycles. The Kier molecular flexibility index (Phi) is 2.48. The van der Waals surface area contributed by atoms with Gasteiger partial charge >= 0.3 is 0 Å². The van der Waals surface area contributed by atoms with Crippen molar-refractivity contribution in [2.75, 3.05) is 5.73 Å². The Morgan fingerprint density at radius 3 is 2.88 bits per heavy atom. The number of nitrogens with one attached hydrogen (secondary N) is 1. The molecule has 0 aliphatic heterocycles. The van der Waals surface area contributed by atoms with Gasteiger partial charge in [-0.2, -0.15) is 10.4 Å². The Labute approximate surface area is 90.9 Å². The summed E-state index contributed by atoms with van der Waals surface area (Å²) in [6.07, 6.45) is -2.68. The normalized spacial score (nSPS) is 14.6. The van der Waals surface area contributed by atoms with Gasteiger partial charge in [0.25, 0.3) is 0 Å². The second-order valence-electron chi connectivity index (χ2n) is 3.43. The Morgan fingerprint density at radius 1 is 1.44 bits per heavy atom. The van der Waals surface area contributed by atoms with Crippen LogP contribution in [0.15, 0.2) is 18.2 Å². The first kappa shape index (κ1) is 10.4. The van der Waals surface area contributed by atoms with Crippen LogP contribution in [-0.2, 0) is 0 Å². The Bertz CT molecular complexity index is 557. The van der Waals surface area contributed by atoms with Crippen molar-refractivity contribution in [2.45, 2.75) is 12.2 Å². The number of nitrogens with two attached hydrogens (primary N) is 1. The SMILES string of the molecule is N#CC(O)C(O)c1ccc2c(N)n[nH]c2c1. The summed E-state index contributed by atoms with van der Waals surface area (Å²) in [7, 11) is 0. The van der Waals surface area contributed by atoms with Crippen LogP contribution in [0.2, 0.25) is 0 Å². The molecule has 2 aromatic rings. The zero-order valence-electron chi connectivity index (χ0n) is 8.25. The molecular formula is C10H10N4O2. The number of nitrogen functional groups attached to an aromatic ring is 1. The fraction of sp³-hybridized carbons (Fsp3) is 0.200. The average Bonchev–Trinajstić information content (AvgIpc) is 2.68. The Balaban J connectivity index is 2.44. The number of nitriles is 1. The van der Waals surface area contributed by atoms with Gasteiger partial charge in [0.15, 0.2) is 11.9 Å². The predicted molar refractivity (Wildman–Crippen MR) is 57.1 cm³/mol. The molecule has 0 saturated carbocycles. The average molecular weight is 218 g/mol. The van der Waals surface area contributed by atoms with Crippen LogP contribution in [-0.4, -0.2) is 26.5 Å². The highest BCUT2D eigenvalue weighted by molar-refractivity contribution is 5.88. The second kappa shape index (κ2) is 3.81. The predicted octanol–water partition coefficient (Wildman–Crippen LogP) is 0.0630. The monoisotopic (exact) mass is 218 g/mol. The van der Waals surface area contributed by atoms with E-state index in [9.17, 15) is 10.2 Å². The lowest BCUT2D eigenvalue weighted by atomic mass is 10.0. The Morgan fingerprint density at radius 2 is 2.19 bits per heavy atom. The van der Waals surface area contributed by atoms with Gasteiger partial charge in [0.05, 0.1) is 11.6 Å². The minimum Gasteiger partial charge on any atom is -0.385 e. The molecule has 0 fully saturated rings. The van der Waals surface area contributed by atoms with Crippen molar-refractivity contribution in [3.05, 3.63) is 23.8 Å². The molecule has 5 N–H and O–H groups in total. The molecular weight excluding hydrogens is 208 g/mol. The third kappa shape index (κ3) is 1.58. The first-order valence-electron chi connectivity index (χ1n) is 4.62. The molecule has 2 unspecified atom stereocenters. The number of fused-ring (bicyclic) bond motifs is 1. The van der Waals surface area contributed by atoms with Gasteiger partial charge in [0.2, 0.25) is 0 Å². The smallest absolute Gasteiger partial charge is 0.170 e. The lowest BCUT2D eigenvalue weighted by Gasteiger charge is -2.11. The van der Waals surface area contributed by atoms with Crippen molar-refractivity contribution in [1.29, 1.82) is 5.26 Å². The van der Waals surface area contributed by atoms with E-state index in [2.05, 4.69) is 10.2 Å². The number of aliphatic hydroxyl groups is 2. The van der Waals surface area contributed by atoms with Crippen LogP contribution in [0.1, 0.15) is 11.7 Å². The summed E-state index contributed by atoms with van der Waals surface area (Å²) >= 11 is 0. The molecule has 1 heterocycles. The molecule has 1 aromatic heterocycles. The molecule has 16 heavy (non-hydrogen) atoms. The molecule has 2 atom stereocenters. The van der Waals surface area contributed by atoms with Gasteiger partial charge in [0.1, 0.15) is 6.10 Å². The zero-order valence-corrected chi connectivity index (χ0v) is 8.25. The van der Waals surface area contributed by atoms with E-state index in [1.54, 1.807) is 24.3 Å². The topological polar surface area (TPSA) is 119 Å². The van der Waals surface area contributed by atoms with Crippen LogP contribution in [0.5, 0.6) is 0 Å². The van der Waals surface area contributed by atoms with Gasteiger partial charge < -0.3 is 15.9 Å². The van der Waals surface area contributed by atoms with Crippen LogP contribution >= 0.6 is 0 Å². The molecule has 6 heteroatoms. The van der Waals surface area contributed by atoms with Crippen LogP contribution in [0.4, 0.5) is 5.82 Å². The summed E-state index contributed by atoms with van der Waals surface area (Å²) < 4.78 is 0. The molecule has 0 amide bonds. The summed E-state index contributed by atoms with van der Waals surface area (Å²) in [6.45, 7) is 0. The second-order valence-corrected chi connectivity index (χ2v) is 3.43. The van der Waals surface area contributed by atoms with Gasteiger partial charge in [-0.1, -0.05) is 6.07 Å². The van der Waals surface area contributed by atoms with Crippen molar-refractivity contribution in [3.8, 4) is 6.07 Å². The van der Waals surface area contributed by atoms with Crippen LogP contribution < -0.4 is 5.73 Å². The highest BCUT2D eigenvalue weighted by atomic mass is 16.3. The number of nitrogens with zero attached hydrogens (tertiary/aromatic N) is 2. The Hall–Kier alpha value is -2.10. The molecule has 0 bridgehead atoms. The van der Waals surface area contributed by atoms with Gasteiger partial charge in [0, 0.05) is 5.39 Å². The first-order valence-corrected chi connectivity index (χ1v) is 4.62. The number of benzene rings is 1. The van der Waals surface area contributed by atoms with E-state index < -0.39 is 12.2 Å². The summed E-state index contributed by atoms with van der Waals surface area (Å²) in [5.74, 6) is 0.372. The maximum absolute atomic E-state index is 9.62. The van der Waals surface area contributed by atoms with E-state index in [4.69, 9.17) is 11.0 Å². The molecule has 82 valence electrons.